The summed E-state index contributed by atoms with van der Waals surface area (Å²) >= 11 is 12.6. The molecule has 0 fully saturated rings. The van der Waals surface area contributed by atoms with Gasteiger partial charge in [0, 0.05) is 80.7 Å². The molecule has 0 radical (unpaired) electrons. The molecule has 0 spiro atoms. The number of carboxylic acid groups (broad SMARTS) is 8. The number of nitrogens with one attached hydrogen (secondary N) is 1. The number of hydrogen-bond donors (Lipinski definition) is 10. The van der Waals surface area contributed by atoms with Crippen molar-refractivity contribution in [1.29, 1.82) is 0 Å². The van der Waals surface area contributed by atoms with Crippen LogP contribution in [0.25, 0.3) is 17.4 Å². The van der Waals surface area contributed by atoms with E-state index in [1.165, 1.54) is 47.5 Å². The number of aromatic carboxylic acids is 2. The average Bonchev–Trinajstić information content (AvgIpc) is 1.73. The fraction of sp³-hybridized carbons (Fsp3) is 0.326. The van der Waals surface area contributed by atoms with Crippen LogP contribution in [-0.4, -0.2) is 146 Å². The van der Waals surface area contributed by atoms with Gasteiger partial charge in [-0.1, -0.05) is 140 Å². The molecule has 0 saturated heterocycles. The van der Waals surface area contributed by atoms with E-state index in [0.29, 0.717) is 82.5 Å². The topological polar surface area (TPSA) is 491 Å². The number of carboxylic acids is 8. The van der Waals surface area contributed by atoms with Crippen molar-refractivity contribution in [2.75, 3.05) is 51.9 Å². The molecule has 11 rings (SSSR count). The molecule has 692 valence electrons. The molecule has 2 aliphatic rings. The molecule has 3 heterocycles. The number of rotatable bonds is 33. The number of ether oxygens (including phenoxy) is 7. The second-order valence-electron chi connectivity index (χ2n) is 29.8. The Bertz CT molecular complexity index is 5390. The molecule has 8 aromatic carbocycles. The second kappa shape index (κ2) is 54.0. The highest BCUT2D eigenvalue weighted by Crippen LogP contribution is 2.40. The van der Waals surface area contributed by atoms with E-state index in [0.717, 1.165) is 91.8 Å². The van der Waals surface area contributed by atoms with Gasteiger partial charge in [0.25, 0.3) is 5.69 Å². The Morgan fingerprint density at radius 1 is 0.597 bits per heavy atom. The third-order valence-electron chi connectivity index (χ3n) is 19.6. The molecule has 31 nitrogen and oxygen atoms in total. The summed E-state index contributed by atoms with van der Waals surface area (Å²) in [6, 6.07) is 43.6. The Labute approximate surface area is 768 Å². The van der Waals surface area contributed by atoms with Crippen LogP contribution in [0.1, 0.15) is 194 Å². The van der Waals surface area contributed by atoms with Crippen LogP contribution in [0.15, 0.2) is 171 Å². The maximum Gasteiger partial charge on any atom is 0.371 e. The average molecular weight is 1940 g/mol. The number of halogens is 3. The lowest BCUT2D eigenvalue weighted by molar-refractivity contribution is -0.384. The summed E-state index contributed by atoms with van der Waals surface area (Å²) in [5.74, 6) is -3.53. The number of nitro groups is 1. The molecule has 1 amide bonds. The monoisotopic (exact) mass is 1930 g/mol. The van der Waals surface area contributed by atoms with Crippen molar-refractivity contribution < 1.29 is 131 Å². The van der Waals surface area contributed by atoms with E-state index in [4.69, 9.17) is 95.8 Å². The molecular formula is C95H108Br2ClN3O28. The second-order valence-corrected chi connectivity index (χ2v) is 32.0. The molecular weight excluding hydrogens is 1830 g/mol. The van der Waals surface area contributed by atoms with E-state index in [1.807, 2.05) is 70.2 Å². The number of carbonyl (C=O) groups is 10. The number of furan rings is 1. The first-order valence-electron chi connectivity index (χ1n) is 40.4. The number of nitrogen functional groups attached to an aromatic ring is 1. The minimum atomic E-state index is -1.21. The van der Waals surface area contributed by atoms with Gasteiger partial charge >= 0.3 is 47.8 Å². The predicted octanol–water partition coefficient (Wildman–Crippen LogP) is 20.4. The van der Waals surface area contributed by atoms with Crippen molar-refractivity contribution in [2.24, 2.45) is 0 Å². The lowest BCUT2D eigenvalue weighted by atomic mass is 9.76. The number of benzene rings is 8. The Hall–Kier alpha value is -13.3. The van der Waals surface area contributed by atoms with Crippen LogP contribution >= 0.6 is 43.5 Å². The number of Topliss-reactive ketones (excluding diaryl/α,β-unsaturated/α-hetero) is 1. The number of carbonyl (C=O) groups excluding carboxylic acids is 2. The number of nitrogens with two attached hydrogens (primary N) is 1. The molecule has 0 atom stereocenters. The first kappa shape index (κ1) is 108. The van der Waals surface area contributed by atoms with Gasteiger partial charge in [0.2, 0.25) is 18.5 Å². The number of ketones is 1. The third-order valence-corrected chi connectivity index (χ3v) is 21.5. The fourth-order valence-corrected chi connectivity index (χ4v) is 12.6. The molecule has 9 aromatic rings. The number of nitro benzene ring substituents is 1. The normalized spacial score (nSPS) is 11.1. The summed E-state index contributed by atoms with van der Waals surface area (Å²) in [4.78, 5) is 117. The Morgan fingerprint density at radius 3 is 1.81 bits per heavy atom. The molecule has 0 aliphatic carbocycles. The van der Waals surface area contributed by atoms with Crippen molar-refractivity contribution in [3.8, 4) is 51.6 Å². The Kier molecular flexibility index (Phi) is 45.3. The Balaban J connectivity index is 0.000000310. The molecule has 2 aliphatic heterocycles. The largest absolute Gasteiger partial charge is 0.493 e. The molecule has 129 heavy (non-hydrogen) atoms. The number of para-hydroxylation sites is 2. The van der Waals surface area contributed by atoms with Crippen LogP contribution in [-0.2, 0) is 63.7 Å². The van der Waals surface area contributed by atoms with Crippen LogP contribution in [0.5, 0.6) is 40.2 Å². The van der Waals surface area contributed by atoms with Crippen molar-refractivity contribution in [1.82, 2.24) is 0 Å². The maximum absolute atomic E-state index is 11.8. The first-order chi connectivity index (χ1) is 60.9. The maximum atomic E-state index is 11.8. The van der Waals surface area contributed by atoms with Gasteiger partial charge in [-0.25, -0.2) is 19.2 Å². The van der Waals surface area contributed by atoms with E-state index in [1.54, 1.807) is 74.9 Å². The van der Waals surface area contributed by atoms with E-state index in [-0.39, 0.29) is 103 Å². The molecule has 11 N–H and O–H groups in total. The number of amides is 1. The van der Waals surface area contributed by atoms with Gasteiger partial charge in [-0.2, -0.15) is 0 Å². The van der Waals surface area contributed by atoms with Gasteiger partial charge in [0.15, 0.2) is 35.4 Å². The number of aryl methyl sites for hydroxylation is 5. The zero-order valence-corrected chi connectivity index (χ0v) is 77.4. The zero-order valence-electron chi connectivity index (χ0n) is 73.5. The zero-order chi connectivity index (χ0) is 96.4. The lowest BCUT2D eigenvalue weighted by Gasteiger charge is -2.30. The number of anilines is 2. The molecule has 0 unspecified atom stereocenters. The van der Waals surface area contributed by atoms with Gasteiger partial charge in [-0.15, -0.1) is 0 Å². The van der Waals surface area contributed by atoms with Crippen molar-refractivity contribution in [3.63, 3.8) is 0 Å². The third kappa shape index (κ3) is 37.3. The van der Waals surface area contributed by atoms with Crippen LogP contribution in [0.3, 0.4) is 0 Å². The highest BCUT2D eigenvalue weighted by Gasteiger charge is 2.28. The number of hydrogen-bond acceptors (Lipinski definition) is 21. The van der Waals surface area contributed by atoms with E-state index in [2.05, 4.69) is 96.9 Å². The van der Waals surface area contributed by atoms with Crippen molar-refractivity contribution in [2.45, 2.75) is 164 Å². The van der Waals surface area contributed by atoms with Crippen molar-refractivity contribution in [3.05, 3.63) is 249 Å². The van der Waals surface area contributed by atoms with Crippen molar-refractivity contribution >= 4 is 126 Å². The lowest BCUT2D eigenvalue weighted by Crippen LogP contribution is -2.21. The summed E-state index contributed by atoms with van der Waals surface area (Å²) < 4.78 is 43.5. The smallest absolute Gasteiger partial charge is 0.371 e. The molecule has 0 bridgehead atoms. The van der Waals surface area contributed by atoms with Crippen LogP contribution in [0.2, 0.25) is 5.02 Å². The van der Waals surface area contributed by atoms with E-state index < -0.39 is 52.7 Å². The van der Waals surface area contributed by atoms with Gasteiger partial charge < -0.3 is 89.5 Å². The Morgan fingerprint density at radius 2 is 1.22 bits per heavy atom. The fourth-order valence-electron chi connectivity index (χ4n) is 11.7. The molecule has 0 saturated carbocycles. The minimum Gasteiger partial charge on any atom is -0.493 e. The summed E-state index contributed by atoms with van der Waals surface area (Å²) in [5, 5.41) is 82.6. The van der Waals surface area contributed by atoms with Gasteiger partial charge in [-0.05, 0) is 218 Å². The van der Waals surface area contributed by atoms with E-state index in [9.17, 15) is 58.1 Å². The number of nitrogens with zero attached hydrogens (tertiary/aromatic N) is 1. The van der Waals surface area contributed by atoms with Gasteiger partial charge in [-0.3, -0.25) is 38.9 Å². The van der Waals surface area contributed by atoms with Crippen LogP contribution < -0.4 is 44.2 Å². The number of aliphatic carboxylic acids is 6. The molecule has 34 heteroatoms. The predicted molar refractivity (Wildman–Crippen MR) is 493 cm³/mol. The quantitative estimate of drug-likeness (QED) is 0.00456. The number of methoxy groups -OCH3 is 2. The van der Waals surface area contributed by atoms with Gasteiger partial charge in [0.1, 0.15) is 28.6 Å². The highest BCUT2D eigenvalue weighted by molar-refractivity contribution is 9.10. The highest BCUT2D eigenvalue weighted by atomic mass is 79.9. The summed E-state index contributed by atoms with van der Waals surface area (Å²) in [6.45, 7) is 21.9. The summed E-state index contributed by atoms with van der Waals surface area (Å²) in [7, 11) is 3.17. The summed E-state index contributed by atoms with van der Waals surface area (Å²) in [5.41, 5.74) is 17.0. The SMILES string of the molecule is CCC(C)(C)c1ccc(OCCCC(=O)O)c(C(C)(C)CC)c1.CCc1cc(Br)cc(C(=O)CCC(=O)O)c1N.COc1ccc(CCCC(=O)O)cc1OC.Cc1cc(NC(=O)CCC(=O)O)ccc1Br.Cc1cc(OCC(=O)O)cc(C)c1Cl.O=C(O)C=Cc1ccc2c(c1)OCO2.O=C(O)c1ccc(-c2ccccc2[N+](=O)[O-])o1.O=C(O)c1cccc2c1OCC2. The van der Waals surface area contributed by atoms with Gasteiger partial charge in [0.05, 0.1) is 50.8 Å². The number of fused-ring (bicyclic) bond motifs is 2. The van der Waals surface area contributed by atoms with E-state index >= 15 is 0 Å². The van der Waals surface area contributed by atoms with Crippen LogP contribution in [0, 0.1) is 30.9 Å². The van der Waals surface area contributed by atoms with Crippen LogP contribution in [0.4, 0.5) is 17.1 Å². The minimum absolute atomic E-state index is 0.00948. The standard InChI is InChI=1S/C20H32O3.C12H14BrNO3.C12H16O4.C11H12BrNO3.C11H7NO5.C10H11ClO3.C10H8O4.C9H8O3/c1-7-19(3,4)15-11-12-17(23-13-9-10-18(21)22)16(14-15)20(5,6)8-2;1-2-7-5-8(13)6-9(12(7)14)10(15)3-4-11(16)17;1-15-10-7-6-9(8-11(10)16-2)4-3-5-12(13)14;1-7-6-8(2-3-9(7)12)13-10(14)4-5-11(15)16;13-11(14)10-6-5-9(17-10)7-3-1-2-4-8(7)12(15)16;1-6-3-8(14-5-9(12)13)4-7(2)10(6)11;11-10(12)4-2-7-1-3-8-9(5-7)14-6-13-8;10-9(11)7-3-1-2-6-4-5-12-8(6)7/h11-12,14H,7-10,13H2,1-6H3,(H,21,22);5-6H,2-4,14H2,1H3,(H,16,17);6-8H,3-5H2,1-2H3,(H,13,14);2-3,6H,4-5H2,1H3,(H,13,14)(H,15,16);1-6H,(H,13,14);3-4H,5H2,1-2H3,(H,12,13);1-5H,6H2,(H,11,12);1-3H,4-5H2,(H,10,11). The summed E-state index contributed by atoms with van der Waals surface area (Å²) in [6.07, 6.45) is 8.09. The first-order valence-corrected chi connectivity index (χ1v) is 42.4. The molecule has 1 aromatic heterocycles.